The average molecular weight is 288 g/mol. The van der Waals surface area contributed by atoms with Crippen molar-refractivity contribution in [1.82, 2.24) is 15.1 Å². The summed E-state index contributed by atoms with van der Waals surface area (Å²) in [6.07, 6.45) is 1.73. The van der Waals surface area contributed by atoms with E-state index in [0.717, 1.165) is 36.5 Å². The molecule has 21 heavy (non-hydrogen) atoms. The number of aromatic nitrogens is 2. The maximum absolute atomic E-state index is 10.7. The van der Waals surface area contributed by atoms with Crippen LogP contribution in [0.3, 0.4) is 0 Å². The number of nitro benzene ring substituents is 1. The fourth-order valence-corrected chi connectivity index (χ4v) is 2.49. The second-order valence-corrected chi connectivity index (χ2v) is 4.79. The number of nitro groups is 1. The molecule has 1 aromatic carbocycles. The summed E-state index contributed by atoms with van der Waals surface area (Å²) in [4.78, 5) is 10.3. The quantitative estimate of drug-likeness (QED) is 0.655. The Morgan fingerprint density at radius 2 is 1.90 bits per heavy atom. The minimum atomic E-state index is -0.391. The van der Waals surface area contributed by atoms with Gasteiger partial charge in [-0.1, -0.05) is 13.8 Å². The molecule has 0 radical (unpaired) electrons. The van der Waals surface area contributed by atoms with E-state index >= 15 is 0 Å². The van der Waals surface area contributed by atoms with E-state index in [9.17, 15) is 10.1 Å². The zero-order valence-electron chi connectivity index (χ0n) is 12.6. The summed E-state index contributed by atoms with van der Waals surface area (Å²) in [5, 5.41) is 18.6. The van der Waals surface area contributed by atoms with Crippen molar-refractivity contribution in [3.05, 3.63) is 51.3 Å². The fourth-order valence-electron chi connectivity index (χ4n) is 2.49. The first kappa shape index (κ1) is 15.2. The smallest absolute Gasteiger partial charge is 0.269 e. The predicted octanol–water partition coefficient (Wildman–Crippen LogP) is 2.62. The van der Waals surface area contributed by atoms with Crippen LogP contribution in [0, 0.1) is 10.1 Å². The molecular formula is C15H20N4O2. The SMILES string of the molecule is CCc1nn(-c2ccc([N+](=O)[O-])cc2)c(CC)c1CNC. The van der Waals surface area contributed by atoms with Gasteiger partial charge in [-0.2, -0.15) is 5.10 Å². The van der Waals surface area contributed by atoms with Gasteiger partial charge in [-0.05, 0) is 32.0 Å². The number of non-ortho nitro benzene ring substituents is 1. The van der Waals surface area contributed by atoms with Gasteiger partial charge >= 0.3 is 0 Å². The molecule has 0 bridgehead atoms. The summed E-state index contributed by atoms with van der Waals surface area (Å²) in [5.41, 5.74) is 4.39. The molecule has 2 aromatic rings. The molecule has 112 valence electrons. The lowest BCUT2D eigenvalue weighted by atomic mass is 10.1. The Labute approximate surface area is 123 Å². The largest absolute Gasteiger partial charge is 0.316 e. The molecule has 0 amide bonds. The lowest BCUT2D eigenvalue weighted by Gasteiger charge is -2.07. The Kier molecular flexibility index (Phi) is 4.70. The molecule has 0 aliphatic rings. The van der Waals surface area contributed by atoms with E-state index in [0.29, 0.717) is 0 Å². The van der Waals surface area contributed by atoms with E-state index in [1.807, 2.05) is 11.7 Å². The summed E-state index contributed by atoms with van der Waals surface area (Å²) in [7, 11) is 1.92. The van der Waals surface area contributed by atoms with E-state index in [2.05, 4.69) is 24.3 Å². The number of nitrogens with one attached hydrogen (secondary N) is 1. The van der Waals surface area contributed by atoms with Gasteiger partial charge in [-0.25, -0.2) is 4.68 Å². The first-order valence-electron chi connectivity index (χ1n) is 7.11. The lowest BCUT2D eigenvalue weighted by Crippen LogP contribution is -2.09. The second kappa shape index (κ2) is 6.49. The third kappa shape index (κ3) is 2.95. The standard InChI is InChI=1S/C15H20N4O2/c1-4-14-13(10-16-3)15(5-2)18(17-14)11-6-8-12(9-7-11)19(20)21/h6-9,16H,4-5,10H2,1-3H3. The highest BCUT2D eigenvalue weighted by Crippen LogP contribution is 2.22. The van der Waals surface area contributed by atoms with Crippen molar-refractivity contribution in [3.8, 4) is 5.69 Å². The molecule has 0 aliphatic carbocycles. The van der Waals surface area contributed by atoms with Crippen molar-refractivity contribution in [2.24, 2.45) is 0 Å². The molecule has 0 aliphatic heterocycles. The van der Waals surface area contributed by atoms with E-state index in [-0.39, 0.29) is 5.69 Å². The Morgan fingerprint density at radius 1 is 1.24 bits per heavy atom. The molecular weight excluding hydrogens is 268 g/mol. The van der Waals surface area contributed by atoms with Crippen LogP contribution in [0.1, 0.15) is 30.8 Å². The molecule has 0 saturated carbocycles. The van der Waals surface area contributed by atoms with Crippen LogP contribution in [0.2, 0.25) is 0 Å². The number of hydrogen-bond acceptors (Lipinski definition) is 4. The molecule has 1 aromatic heterocycles. The van der Waals surface area contributed by atoms with Gasteiger partial charge in [-0.15, -0.1) is 0 Å². The van der Waals surface area contributed by atoms with Crippen molar-refractivity contribution in [2.75, 3.05) is 7.05 Å². The maximum Gasteiger partial charge on any atom is 0.269 e. The first-order chi connectivity index (χ1) is 10.1. The Morgan fingerprint density at radius 3 is 2.38 bits per heavy atom. The Bertz CT molecular complexity index is 632. The Balaban J connectivity index is 2.49. The van der Waals surface area contributed by atoms with Crippen LogP contribution >= 0.6 is 0 Å². The molecule has 0 saturated heterocycles. The van der Waals surface area contributed by atoms with Crippen molar-refractivity contribution in [2.45, 2.75) is 33.2 Å². The molecule has 6 nitrogen and oxygen atoms in total. The fraction of sp³-hybridized carbons (Fsp3) is 0.400. The van der Waals surface area contributed by atoms with E-state index < -0.39 is 4.92 Å². The zero-order chi connectivity index (χ0) is 15.4. The van der Waals surface area contributed by atoms with Gasteiger partial charge in [0.25, 0.3) is 5.69 Å². The summed E-state index contributed by atoms with van der Waals surface area (Å²) < 4.78 is 1.90. The van der Waals surface area contributed by atoms with Crippen molar-refractivity contribution < 1.29 is 4.92 Å². The number of benzene rings is 1. The maximum atomic E-state index is 10.7. The monoisotopic (exact) mass is 288 g/mol. The molecule has 0 atom stereocenters. The molecule has 0 fully saturated rings. The number of aryl methyl sites for hydroxylation is 1. The third-order valence-electron chi connectivity index (χ3n) is 3.50. The van der Waals surface area contributed by atoms with Crippen LogP contribution < -0.4 is 5.32 Å². The zero-order valence-corrected chi connectivity index (χ0v) is 12.6. The van der Waals surface area contributed by atoms with Gasteiger partial charge in [-0.3, -0.25) is 10.1 Å². The highest BCUT2D eigenvalue weighted by molar-refractivity contribution is 5.43. The van der Waals surface area contributed by atoms with E-state index in [4.69, 9.17) is 0 Å². The minimum Gasteiger partial charge on any atom is -0.316 e. The van der Waals surface area contributed by atoms with Crippen molar-refractivity contribution in [3.63, 3.8) is 0 Å². The summed E-state index contributed by atoms with van der Waals surface area (Å²) in [5.74, 6) is 0. The average Bonchev–Trinajstić information content (AvgIpc) is 2.85. The van der Waals surface area contributed by atoms with Gasteiger partial charge in [0.15, 0.2) is 0 Å². The van der Waals surface area contributed by atoms with E-state index in [1.165, 1.54) is 17.7 Å². The van der Waals surface area contributed by atoms with Crippen LogP contribution in [-0.2, 0) is 19.4 Å². The molecule has 0 spiro atoms. The predicted molar refractivity (Wildman–Crippen MR) is 81.7 cm³/mol. The number of hydrogen-bond donors (Lipinski definition) is 1. The van der Waals surface area contributed by atoms with Gasteiger partial charge in [0.05, 0.1) is 16.3 Å². The van der Waals surface area contributed by atoms with Crippen LogP contribution in [-0.4, -0.2) is 21.8 Å². The van der Waals surface area contributed by atoms with Crippen LogP contribution in [0.5, 0.6) is 0 Å². The van der Waals surface area contributed by atoms with E-state index in [1.54, 1.807) is 12.1 Å². The second-order valence-electron chi connectivity index (χ2n) is 4.79. The molecule has 0 unspecified atom stereocenters. The number of nitrogens with zero attached hydrogens (tertiary/aromatic N) is 3. The van der Waals surface area contributed by atoms with Crippen LogP contribution in [0.4, 0.5) is 5.69 Å². The normalized spacial score (nSPS) is 10.8. The summed E-state index contributed by atoms with van der Waals surface area (Å²) >= 11 is 0. The summed E-state index contributed by atoms with van der Waals surface area (Å²) in [6, 6.07) is 6.51. The third-order valence-corrected chi connectivity index (χ3v) is 3.50. The Hall–Kier alpha value is -2.21. The highest BCUT2D eigenvalue weighted by atomic mass is 16.6. The number of rotatable bonds is 6. The van der Waals surface area contributed by atoms with Crippen molar-refractivity contribution >= 4 is 5.69 Å². The molecule has 6 heteroatoms. The van der Waals surface area contributed by atoms with Gasteiger partial charge in [0.2, 0.25) is 0 Å². The van der Waals surface area contributed by atoms with Gasteiger partial charge in [0, 0.05) is 29.9 Å². The summed E-state index contributed by atoms with van der Waals surface area (Å²) in [6.45, 7) is 4.96. The molecule has 2 rings (SSSR count). The van der Waals surface area contributed by atoms with Gasteiger partial charge in [0.1, 0.15) is 0 Å². The van der Waals surface area contributed by atoms with Gasteiger partial charge < -0.3 is 5.32 Å². The van der Waals surface area contributed by atoms with Crippen LogP contribution in [0.15, 0.2) is 24.3 Å². The topological polar surface area (TPSA) is 73.0 Å². The minimum absolute atomic E-state index is 0.0927. The molecule has 1 heterocycles. The van der Waals surface area contributed by atoms with Crippen LogP contribution in [0.25, 0.3) is 5.69 Å². The molecule has 1 N–H and O–H groups in total. The lowest BCUT2D eigenvalue weighted by molar-refractivity contribution is -0.384. The van der Waals surface area contributed by atoms with Crippen molar-refractivity contribution in [1.29, 1.82) is 0 Å². The highest BCUT2D eigenvalue weighted by Gasteiger charge is 2.16. The first-order valence-corrected chi connectivity index (χ1v) is 7.11.